The highest BCUT2D eigenvalue weighted by Gasteiger charge is 2.22. The molecule has 0 atom stereocenters. The van der Waals surface area contributed by atoms with Gasteiger partial charge in [0, 0.05) is 38.9 Å². The average Bonchev–Trinajstić information content (AvgIpc) is 3.68. The van der Waals surface area contributed by atoms with Crippen molar-refractivity contribution < 1.29 is 8.83 Å². The first-order chi connectivity index (χ1) is 22.3. The molecule has 9 rings (SSSR count). The third-order valence-corrected chi connectivity index (χ3v) is 8.66. The standard InChI is InChI=1S/C42H27NO2/c1-3-12-28(13-4-1)30-16-9-17-31(26-30)43(32-24-25-35-34-18-7-8-23-39(34)44-40(35)27-32)38-22-11-21-37-36-20-10-19-33(41(36)45-42(37)38)29-14-5-2-6-15-29/h1-27H. The lowest BCUT2D eigenvalue weighted by atomic mass is 10.0. The van der Waals surface area contributed by atoms with Crippen LogP contribution in [0.15, 0.2) is 173 Å². The number of fused-ring (bicyclic) bond motifs is 6. The van der Waals surface area contributed by atoms with Gasteiger partial charge < -0.3 is 13.7 Å². The Balaban J connectivity index is 1.30. The molecule has 0 bridgehead atoms. The van der Waals surface area contributed by atoms with Crippen molar-refractivity contribution in [1.82, 2.24) is 0 Å². The summed E-state index contributed by atoms with van der Waals surface area (Å²) in [5.41, 5.74) is 11.0. The Morgan fingerprint density at radius 1 is 0.356 bits per heavy atom. The topological polar surface area (TPSA) is 29.5 Å². The molecule has 0 unspecified atom stereocenters. The van der Waals surface area contributed by atoms with Crippen molar-refractivity contribution in [2.24, 2.45) is 0 Å². The van der Waals surface area contributed by atoms with E-state index in [1.54, 1.807) is 0 Å². The minimum atomic E-state index is 0.839. The molecular formula is C42H27NO2. The first-order valence-electron chi connectivity index (χ1n) is 15.2. The van der Waals surface area contributed by atoms with E-state index in [1.165, 1.54) is 5.56 Å². The van der Waals surface area contributed by atoms with E-state index >= 15 is 0 Å². The summed E-state index contributed by atoms with van der Waals surface area (Å²) in [5, 5.41) is 4.39. The number of rotatable bonds is 5. The van der Waals surface area contributed by atoms with Crippen molar-refractivity contribution in [3.63, 3.8) is 0 Å². The van der Waals surface area contributed by atoms with Crippen LogP contribution in [0.3, 0.4) is 0 Å². The molecule has 0 aliphatic heterocycles. The van der Waals surface area contributed by atoms with Crippen LogP contribution in [0.25, 0.3) is 66.1 Å². The lowest BCUT2D eigenvalue weighted by molar-refractivity contribution is 0.668. The third-order valence-electron chi connectivity index (χ3n) is 8.66. The fourth-order valence-electron chi connectivity index (χ4n) is 6.56. The first-order valence-corrected chi connectivity index (χ1v) is 15.2. The van der Waals surface area contributed by atoms with Crippen molar-refractivity contribution in [1.29, 1.82) is 0 Å². The molecule has 0 fully saturated rings. The summed E-state index contributed by atoms with van der Waals surface area (Å²) in [5.74, 6) is 0. The van der Waals surface area contributed by atoms with Crippen LogP contribution >= 0.6 is 0 Å². The Bertz CT molecular complexity index is 2490. The Kier molecular flexibility index (Phi) is 5.82. The van der Waals surface area contributed by atoms with Gasteiger partial charge in [-0.3, -0.25) is 0 Å². The van der Waals surface area contributed by atoms with Crippen molar-refractivity contribution >= 4 is 60.9 Å². The van der Waals surface area contributed by atoms with Crippen molar-refractivity contribution in [3.8, 4) is 22.3 Å². The van der Waals surface area contributed by atoms with E-state index in [0.717, 1.165) is 77.6 Å². The molecule has 0 saturated carbocycles. The van der Waals surface area contributed by atoms with Crippen molar-refractivity contribution in [2.75, 3.05) is 4.90 Å². The van der Waals surface area contributed by atoms with Crippen LogP contribution in [0.5, 0.6) is 0 Å². The third kappa shape index (κ3) is 4.21. The van der Waals surface area contributed by atoms with Gasteiger partial charge in [0.2, 0.25) is 0 Å². The molecule has 9 aromatic rings. The number of anilines is 3. The number of nitrogens with zero attached hydrogens (tertiary/aromatic N) is 1. The van der Waals surface area contributed by atoms with Crippen LogP contribution in [0.1, 0.15) is 0 Å². The van der Waals surface area contributed by atoms with E-state index in [-0.39, 0.29) is 0 Å². The molecule has 0 amide bonds. The highest BCUT2D eigenvalue weighted by atomic mass is 16.3. The second-order valence-corrected chi connectivity index (χ2v) is 11.3. The van der Waals surface area contributed by atoms with Crippen molar-refractivity contribution in [3.05, 3.63) is 164 Å². The fourth-order valence-corrected chi connectivity index (χ4v) is 6.56. The molecule has 0 radical (unpaired) electrons. The van der Waals surface area contributed by atoms with Crippen LogP contribution in [0, 0.1) is 0 Å². The van der Waals surface area contributed by atoms with E-state index in [2.05, 4.69) is 144 Å². The Morgan fingerprint density at radius 2 is 0.978 bits per heavy atom. The summed E-state index contributed by atoms with van der Waals surface area (Å²) in [4.78, 5) is 2.28. The van der Waals surface area contributed by atoms with E-state index in [9.17, 15) is 0 Å². The van der Waals surface area contributed by atoms with Crippen LogP contribution in [-0.2, 0) is 0 Å². The van der Waals surface area contributed by atoms with Gasteiger partial charge in [-0.1, -0.05) is 121 Å². The molecule has 3 nitrogen and oxygen atoms in total. The summed E-state index contributed by atoms with van der Waals surface area (Å²) >= 11 is 0. The second-order valence-electron chi connectivity index (χ2n) is 11.3. The summed E-state index contributed by atoms with van der Waals surface area (Å²) in [7, 11) is 0. The molecule has 2 aromatic heterocycles. The highest BCUT2D eigenvalue weighted by molar-refractivity contribution is 6.14. The molecule has 0 saturated heterocycles. The molecule has 45 heavy (non-hydrogen) atoms. The van der Waals surface area contributed by atoms with Gasteiger partial charge in [-0.25, -0.2) is 0 Å². The van der Waals surface area contributed by atoms with E-state index in [0.29, 0.717) is 0 Å². The fraction of sp³-hybridized carbons (Fsp3) is 0. The summed E-state index contributed by atoms with van der Waals surface area (Å²) in [6.45, 7) is 0. The molecule has 0 aliphatic carbocycles. The van der Waals surface area contributed by atoms with Gasteiger partial charge >= 0.3 is 0 Å². The summed E-state index contributed by atoms with van der Waals surface area (Å²) < 4.78 is 13.2. The number of para-hydroxylation sites is 3. The quantitative estimate of drug-likeness (QED) is 0.204. The minimum Gasteiger partial charge on any atom is -0.456 e. The molecule has 0 spiro atoms. The second kappa shape index (κ2) is 10.3. The lowest BCUT2D eigenvalue weighted by Gasteiger charge is -2.26. The largest absolute Gasteiger partial charge is 0.456 e. The Morgan fingerprint density at radius 3 is 1.82 bits per heavy atom. The zero-order valence-corrected chi connectivity index (χ0v) is 24.4. The van der Waals surface area contributed by atoms with Gasteiger partial charge in [0.15, 0.2) is 5.58 Å². The summed E-state index contributed by atoms with van der Waals surface area (Å²) in [6, 6.07) is 57.1. The predicted octanol–water partition coefficient (Wildman–Crippen LogP) is 12.3. The van der Waals surface area contributed by atoms with Gasteiger partial charge in [-0.05, 0) is 53.1 Å². The molecule has 7 aromatic carbocycles. The zero-order chi connectivity index (χ0) is 29.7. The average molecular weight is 578 g/mol. The van der Waals surface area contributed by atoms with Crippen molar-refractivity contribution in [2.45, 2.75) is 0 Å². The Hall–Kier alpha value is -6.06. The van der Waals surface area contributed by atoms with Crippen LogP contribution in [0.4, 0.5) is 17.1 Å². The minimum absolute atomic E-state index is 0.839. The maximum atomic E-state index is 6.88. The number of hydrogen-bond donors (Lipinski definition) is 0. The monoisotopic (exact) mass is 577 g/mol. The van der Waals surface area contributed by atoms with E-state index in [4.69, 9.17) is 8.83 Å². The summed E-state index contributed by atoms with van der Waals surface area (Å²) in [6.07, 6.45) is 0. The number of benzene rings is 7. The SMILES string of the molecule is c1ccc(-c2cccc(N(c3ccc4c(c3)oc3ccccc34)c3cccc4c3oc3c(-c5ccccc5)cccc34)c2)cc1. The van der Waals surface area contributed by atoms with Gasteiger partial charge in [-0.2, -0.15) is 0 Å². The van der Waals surface area contributed by atoms with Gasteiger partial charge in [0.25, 0.3) is 0 Å². The normalized spacial score (nSPS) is 11.6. The van der Waals surface area contributed by atoms with Crippen LogP contribution in [-0.4, -0.2) is 0 Å². The lowest BCUT2D eigenvalue weighted by Crippen LogP contribution is -2.10. The number of hydrogen-bond acceptors (Lipinski definition) is 3. The van der Waals surface area contributed by atoms with Crippen LogP contribution < -0.4 is 4.90 Å². The first kappa shape index (κ1) is 25.4. The molecule has 3 heteroatoms. The predicted molar refractivity (Wildman–Crippen MR) is 187 cm³/mol. The Labute approximate surface area is 260 Å². The molecule has 0 aliphatic rings. The molecule has 0 N–H and O–H groups in total. The smallest absolute Gasteiger partial charge is 0.159 e. The van der Waals surface area contributed by atoms with E-state index < -0.39 is 0 Å². The molecule has 212 valence electrons. The van der Waals surface area contributed by atoms with Gasteiger partial charge in [0.1, 0.15) is 16.7 Å². The van der Waals surface area contributed by atoms with Gasteiger partial charge in [-0.15, -0.1) is 0 Å². The van der Waals surface area contributed by atoms with Gasteiger partial charge in [0.05, 0.1) is 11.4 Å². The maximum Gasteiger partial charge on any atom is 0.159 e. The molecular weight excluding hydrogens is 550 g/mol. The zero-order valence-electron chi connectivity index (χ0n) is 24.4. The molecule has 2 heterocycles. The highest BCUT2D eigenvalue weighted by Crippen LogP contribution is 2.45. The van der Waals surface area contributed by atoms with E-state index in [1.807, 2.05) is 24.3 Å². The van der Waals surface area contributed by atoms with Crippen LogP contribution in [0.2, 0.25) is 0 Å². The number of furan rings is 2. The maximum absolute atomic E-state index is 6.88.